The van der Waals surface area contributed by atoms with Gasteiger partial charge < -0.3 is 0 Å². The number of rotatable bonds is 1. The van der Waals surface area contributed by atoms with Crippen LogP contribution < -0.4 is 0 Å². The molecule has 0 nitrogen and oxygen atoms in total. The summed E-state index contributed by atoms with van der Waals surface area (Å²) in [5, 5.41) is 0. The maximum absolute atomic E-state index is 13.2. The Hall–Kier alpha value is 0.309. The van der Waals surface area contributed by atoms with Crippen LogP contribution in [0.25, 0.3) is 0 Å². The Kier molecular flexibility index (Phi) is 3.49. The van der Waals surface area contributed by atoms with Crippen molar-refractivity contribution in [3.8, 4) is 0 Å². The third kappa shape index (κ3) is 2.11. The van der Waals surface area contributed by atoms with Gasteiger partial charge in [0, 0.05) is 0 Å². The average Bonchev–Trinajstić information content (AvgIpc) is 1.77. The van der Waals surface area contributed by atoms with Gasteiger partial charge in [0.2, 0.25) is 0 Å². The molecule has 0 bridgehead atoms. The van der Waals surface area contributed by atoms with Gasteiger partial charge in [-0.3, -0.25) is 0 Å². The summed E-state index contributed by atoms with van der Waals surface area (Å²) in [4.78, 5) is 2.28. The number of halogens is 7. The van der Waals surface area contributed by atoms with E-state index in [9.17, 15) is 30.7 Å². The molecule has 8 heteroatoms. The van der Waals surface area contributed by atoms with Crippen molar-refractivity contribution in [3.63, 3.8) is 0 Å². The SMILES string of the molecule is [CH3][Sn]([CH3])([CH3])[C](F)(C(F)(F)F)C(F)(F)F. The van der Waals surface area contributed by atoms with Crippen LogP contribution >= 0.6 is 0 Å². The van der Waals surface area contributed by atoms with E-state index in [4.69, 9.17) is 0 Å². The molecular weight excluding hydrogens is 324 g/mol. The molecule has 0 amide bonds. The first-order valence-electron chi connectivity index (χ1n) is 3.57. The molecular formula is C6H9F7Sn. The van der Waals surface area contributed by atoms with Crippen LogP contribution in [0, 0.1) is 0 Å². The van der Waals surface area contributed by atoms with E-state index < -0.39 is 34.4 Å². The van der Waals surface area contributed by atoms with Gasteiger partial charge in [-0.25, -0.2) is 0 Å². The van der Waals surface area contributed by atoms with Crippen LogP contribution in [0.1, 0.15) is 0 Å². The van der Waals surface area contributed by atoms with E-state index in [0.717, 1.165) is 14.8 Å². The summed E-state index contributed by atoms with van der Waals surface area (Å²) in [5.74, 6) is 0. The molecule has 0 aliphatic rings. The van der Waals surface area contributed by atoms with Crippen LogP contribution in [0.3, 0.4) is 0 Å². The molecule has 0 heterocycles. The zero-order valence-corrected chi connectivity index (χ0v) is 10.5. The number of hydrogen-bond donors (Lipinski definition) is 0. The molecule has 0 N–H and O–H groups in total. The maximum atomic E-state index is 13.2. The Morgan fingerprint density at radius 3 is 0.857 bits per heavy atom. The molecule has 0 aliphatic heterocycles. The molecule has 0 aliphatic carbocycles. The summed E-state index contributed by atoms with van der Waals surface area (Å²) in [6.45, 7) is 0. The van der Waals surface area contributed by atoms with E-state index in [1.165, 1.54) is 0 Å². The molecule has 0 atom stereocenters. The van der Waals surface area contributed by atoms with Crippen LogP contribution in [-0.4, -0.2) is 34.4 Å². The van der Waals surface area contributed by atoms with Gasteiger partial charge in [0.25, 0.3) is 0 Å². The fraction of sp³-hybridized carbons (Fsp3) is 1.00. The van der Waals surface area contributed by atoms with Crippen LogP contribution in [0.4, 0.5) is 30.7 Å². The fourth-order valence-corrected chi connectivity index (χ4v) is 5.87. The van der Waals surface area contributed by atoms with Crippen molar-refractivity contribution in [2.45, 2.75) is 30.9 Å². The average molecular weight is 333 g/mol. The molecule has 0 spiro atoms. The molecule has 0 radical (unpaired) electrons. The minimum absolute atomic E-state index is 0.760. The summed E-state index contributed by atoms with van der Waals surface area (Å²) in [7, 11) is 0. The molecule has 0 rings (SSSR count). The zero-order chi connectivity index (χ0) is 12.0. The predicted molar refractivity (Wildman–Crippen MR) is 39.3 cm³/mol. The van der Waals surface area contributed by atoms with Crippen LogP contribution in [0.5, 0.6) is 0 Å². The van der Waals surface area contributed by atoms with Crippen molar-refractivity contribution < 1.29 is 30.7 Å². The molecule has 14 heavy (non-hydrogen) atoms. The topological polar surface area (TPSA) is 0 Å². The van der Waals surface area contributed by atoms with Crippen LogP contribution in [-0.2, 0) is 0 Å². The molecule has 86 valence electrons. The van der Waals surface area contributed by atoms with Gasteiger partial charge >= 0.3 is 80.0 Å². The first-order chi connectivity index (χ1) is 5.75. The zero-order valence-electron chi connectivity index (χ0n) is 7.65. The predicted octanol–water partition coefficient (Wildman–Crippen LogP) is 3.70. The van der Waals surface area contributed by atoms with Crippen molar-refractivity contribution in [1.82, 2.24) is 0 Å². The first kappa shape index (κ1) is 14.3. The second-order valence-corrected chi connectivity index (χ2v) is 18.7. The summed E-state index contributed by atoms with van der Waals surface area (Å²) in [5.41, 5.74) is 0. The van der Waals surface area contributed by atoms with Crippen molar-refractivity contribution in [1.29, 1.82) is 0 Å². The molecule has 0 saturated carbocycles. The Balaban J connectivity index is 5.54. The van der Waals surface area contributed by atoms with E-state index in [2.05, 4.69) is 0 Å². The molecule has 0 fully saturated rings. The van der Waals surface area contributed by atoms with E-state index in [-0.39, 0.29) is 0 Å². The Labute approximate surface area is 80.3 Å². The normalized spacial score (nSPS) is 15.9. The fourth-order valence-electron chi connectivity index (χ4n) is 1.01. The van der Waals surface area contributed by atoms with Crippen molar-refractivity contribution in [3.05, 3.63) is 0 Å². The van der Waals surface area contributed by atoms with E-state index in [1.54, 1.807) is 0 Å². The third-order valence-corrected chi connectivity index (χ3v) is 9.33. The van der Waals surface area contributed by atoms with Gasteiger partial charge in [-0.15, -0.1) is 0 Å². The summed E-state index contributed by atoms with van der Waals surface area (Å²) < 4.78 is 80.5. The molecule has 0 unspecified atom stereocenters. The summed E-state index contributed by atoms with van der Waals surface area (Å²) in [6, 6.07) is 0. The van der Waals surface area contributed by atoms with Crippen LogP contribution in [0.15, 0.2) is 0 Å². The molecule has 0 saturated heterocycles. The summed E-state index contributed by atoms with van der Waals surface area (Å²) >= 11 is -4.87. The Bertz CT molecular complexity index is 172. The minimum atomic E-state index is -5.88. The number of hydrogen-bond acceptors (Lipinski definition) is 0. The number of alkyl halides is 7. The van der Waals surface area contributed by atoms with E-state index in [1.807, 2.05) is 0 Å². The van der Waals surface area contributed by atoms with Gasteiger partial charge in [-0.1, -0.05) is 0 Å². The second-order valence-electron chi connectivity index (χ2n) is 3.90. The quantitative estimate of drug-likeness (QED) is 0.507. The summed E-state index contributed by atoms with van der Waals surface area (Å²) in [6.07, 6.45) is -11.8. The van der Waals surface area contributed by atoms with Crippen molar-refractivity contribution >= 4 is 18.4 Å². The van der Waals surface area contributed by atoms with Gasteiger partial charge in [0.15, 0.2) is 0 Å². The van der Waals surface area contributed by atoms with Crippen LogP contribution in [0.2, 0.25) is 14.8 Å². The molecule has 0 aromatic heterocycles. The Morgan fingerprint density at radius 2 is 0.857 bits per heavy atom. The van der Waals surface area contributed by atoms with Gasteiger partial charge in [-0.2, -0.15) is 0 Å². The Morgan fingerprint density at radius 1 is 0.643 bits per heavy atom. The third-order valence-electron chi connectivity index (χ3n) is 1.81. The second kappa shape index (κ2) is 3.41. The molecule has 0 aromatic rings. The standard InChI is InChI=1S/C3F7.3CH3.Sn/c4-1(2(5,6)7)3(8,9)10;;;;/h;3*1H3;. The first-order valence-corrected chi connectivity index (χ1v) is 13.6. The van der Waals surface area contributed by atoms with Gasteiger partial charge in [-0.05, 0) is 0 Å². The van der Waals surface area contributed by atoms with E-state index in [0.29, 0.717) is 0 Å². The van der Waals surface area contributed by atoms with Crippen molar-refractivity contribution in [2.75, 3.05) is 0 Å². The monoisotopic (exact) mass is 334 g/mol. The van der Waals surface area contributed by atoms with E-state index >= 15 is 0 Å². The van der Waals surface area contributed by atoms with Gasteiger partial charge in [0.05, 0.1) is 0 Å². The van der Waals surface area contributed by atoms with Crippen molar-refractivity contribution in [2.24, 2.45) is 0 Å². The van der Waals surface area contributed by atoms with Gasteiger partial charge in [0.1, 0.15) is 0 Å². The molecule has 0 aromatic carbocycles.